The molecule has 10 heteroatoms. The maximum Gasteiger partial charge on any atom is 0.417 e. The van der Waals surface area contributed by atoms with E-state index >= 15 is 0 Å². The molecule has 0 atom stereocenters. The predicted molar refractivity (Wildman–Crippen MR) is 103 cm³/mol. The second-order valence-corrected chi connectivity index (χ2v) is 8.98. The summed E-state index contributed by atoms with van der Waals surface area (Å²) in [5.41, 5.74) is -1.15. The van der Waals surface area contributed by atoms with Gasteiger partial charge in [0.05, 0.1) is 15.5 Å². The van der Waals surface area contributed by atoms with E-state index in [2.05, 4.69) is 5.32 Å². The Kier molecular flexibility index (Phi) is 6.21. The van der Waals surface area contributed by atoms with Gasteiger partial charge in [0.15, 0.2) is 0 Å². The van der Waals surface area contributed by atoms with Crippen molar-refractivity contribution in [2.24, 2.45) is 0 Å². The molecule has 156 valence electrons. The minimum Gasteiger partial charge on any atom is -0.322 e. The normalized spacial score (nSPS) is 15.9. The van der Waals surface area contributed by atoms with Crippen LogP contribution in [0.4, 0.5) is 18.9 Å². The second-order valence-electron chi connectivity index (χ2n) is 6.64. The molecule has 2 aromatic rings. The Hall–Kier alpha value is -2.10. The Morgan fingerprint density at radius 3 is 2.38 bits per heavy atom. The summed E-state index contributed by atoms with van der Waals surface area (Å²) in [6, 6.07) is 8.44. The van der Waals surface area contributed by atoms with Gasteiger partial charge in [0.2, 0.25) is 10.0 Å². The number of anilines is 1. The van der Waals surface area contributed by atoms with Crippen LogP contribution in [0.25, 0.3) is 0 Å². The van der Waals surface area contributed by atoms with Gasteiger partial charge in [-0.25, -0.2) is 8.42 Å². The van der Waals surface area contributed by atoms with Crippen LogP contribution in [0.3, 0.4) is 0 Å². The summed E-state index contributed by atoms with van der Waals surface area (Å²) < 4.78 is 65.9. The highest BCUT2D eigenvalue weighted by molar-refractivity contribution is 7.89. The van der Waals surface area contributed by atoms with Crippen LogP contribution >= 0.6 is 11.6 Å². The van der Waals surface area contributed by atoms with Gasteiger partial charge in [0.25, 0.3) is 5.91 Å². The van der Waals surface area contributed by atoms with Crippen LogP contribution < -0.4 is 5.32 Å². The van der Waals surface area contributed by atoms with Crippen molar-refractivity contribution >= 4 is 33.2 Å². The van der Waals surface area contributed by atoms with Gasteiger partial charge in [-0.15, -0.1) is 0 Å². The van der Waals surface area contributed by atoms with E-state index in [-0.39, 0.29) is 16.1 Å². The molecule has 1 heterocycles. The van der Waals surface area contributed by atoms with Gasteiger partial charge >= 0.3 is 6.18 Å². The molecule has 1 fully saturated rings. The van der Waals surface area contributed by atoms with Crippen molar-refractivity contribution in [3.63, 3.8) is 0 Å². The van der Waals surface area contributed by atoms with E-state index < -0.39 is 32.7 Å². The summed E-state index contributed by atoms with van der Waals surface area (Å²) in [4.78, 5) is 12.5. The lowest BCUT2D eigenvalue weighted by Gasteiger charge is -2.26. The highest BCUT2D eigenvalue weighted by Crippen LogP contribution is 2.36. The summed E-state index contributed by atoms with van der Waals surface area (Å²) in [7, 11) is -3.74. The second kappa shape index (κ2) is 8.33. The Morgan fingerprint density at radius 1 is 1.03 bits per heavy atom. The zero-order valence-corrected chi connectivity index (χ0v) is 16.7. The minimum absolute atomic E-state index is 0.0200. The van der Waals surface area contributed by atoms with E-state index in [1.807, 2.05) is 0 Å². The van der Waals surface area contributed by atoms with Crippen LogP contribution in [0.5, 0.6) is 0 Å². The van der Waals surface area contributed by atoms with Gasteiger partial charge in [-0.2, -0.15) is 17.5 Å². The highest BCUT2D eigenvalue weighted by atomic mass is 35.5. The van der Waals surface area contributed by atoms with Crippen LogP contribution in [0.2, 0.25) is 5.02 Å². The number of piperidine rings is 1. The Bertz CT molecular complexity index is 1020. The average molecular weight is 447 g/mol. The molecule has 0 saturated carbocycles. The third-order valence-corrected chi connectivity index (χ3v) is 6.80. The van der Waals surface area contributed by atoms with Crippen LogP contribution in [0, 0.1) is 0 Å². The first-order valence-electron chi connectivity index (χ1n) is 8.87. The fraction of sp³-hybridized carbons (Fsp3) is 0.316. The molecule has 0 aromatic heterocycles. The zero-order chi connectivity index (χ0) is 21.2. The van der Waals surface area contributed by atoms with Crippen molar-refractivity contribution < 1.29 is 26.4 Å². The van der Waals surface area contributed by atoms with E-state index in [1.54, 1.807) is 0 Å². The van der Waals surface area contributed by atoms with Crippen molar-refractivity contribution in [1.82, 2.24) is 4.31 Å². The van der Waals surface area contributed by atoms with Gasteiger partial charge in [-0.05, 0) is 49.2 Å². The van der Waals surface area contributed by atoms with E-state index in [0.717, 1.165) is 31.4 Å². The van der Waals surface area contributed by atoms with Crippen molar-refractivity contribution in [2.45, 2.75) is 30.3 Å². The van der Waals surface area contributed by atoms with Crippen LogP contribution in [0.15, 0.2) is 47.4 Å². The third kappa shape index (κ3) is 4.91. The smallest absolute Gasteiger partial charge is 0.322 e. The molecule has 1 aliphatic heterocycles. The van der Waals surface area contributed by atoms with E-state index in [1.165, 1.54) is 34.6 Å². The van der Waals surface area contributed by atoms with Crippen molar-refractivity contribution in [3.05, 3.63) is 58.6 Å². The summed E-state index contributed by atoms with van der Waals surface area (Å²) in [5.74, 6) is -0.726. The molecule has 1 saturated heterocycles. The summed E-state index contributed by atoms with van der Waals surface area (Å²) >= 11 is 5.58. The van der Waals surface area contributed by atoms with Crippen molar-refractivity contribution in [1.29, 1.82) is 0 Å². The topological polar surface area (TPSA) is 66.5 Å². The lowest BCUT2D eigenvalue weighted by atomic mass is 10.1. The van der Waals surface area contributed by atoms with Crippen LogP contribution in [0.1, 0.15) is 35.2 Å². The van der Waals surface area contributed by atoms with Gasteiger partial charge in [-0.3, -0.25) is 4.79 Å². The largest absolute Gasteiger partial charge is 0.417 e. The number of hydrogen-bond acceptors (Lipinski definition) is 3. The molecule has 0 aliphatic carbocycles. The molecule has 0 spiro atoms. The van der Waals surface area contributed by atoms with E-state index in [9.17, 15) is 26.4 Å². The van der Waals surface area contributed by atoms with Crippen molar-refractivity contribution in [2.75, 3.05) is 18.4 Å². The monoisotopic (exact) mass is 446 g/mol. The Balaban J connectivity index is 1.83. The molecule has 2 aromatic carbocycles. The predicted octanol–water partition coefficient (Wildman–Crippen LogP) is 4.79. The first kappa shape index (κ1) is 21.6. The number of carbonyl (C=O) groups excluding carboxylic acids is 1. The van der Waals surface area contributed by atoms with Gasteiger partial charge in [-0.1, -0.05) is 24.1 Å². The minimum atomic E-state index is -4.67. The maximum absolute atomic E-state index is 13.0. The van der Waals surface area contributed by atoms with Crippen molar-refractivity contribution in [3.8, 4) is 0 Å². The number of alkyl halides is 3. The number of nitrogens with zero attached hydrogens (tertiary/aromatic N) is 1. The highest BCUT2D eigenvalue weighted by Gasteiger charge is 2.33. The zero-order valence-electron chi connectivity index (χ0n) is 15.2. The van der Waals surface area contributed by atoms with Gasteiger partial charge in [0.1, 0.15) is 0 Å². The molecular weight excluding hydrogens is 429 g/mol. The molecule has 0 unspecified atom stereocenters. The SMILES string of the molecule is O=C(Nc1ccc(Cl)c(C(F)(F)F)c1)c1cccc(S(=O)(=O)N2CCCCC2)c1. The number of benzene rings is 2. The number of carbonyl (C=O) groups is 1. The first-order valence-corrected chi connectivity index (χ1v) is 10.7. The molecule has 1 N–H and O–H groups in total. The van der Waals surface area contributed by atoms with E-state index in [4.69, 9.17) is 11.6 Å². The number of rotatable bonds is 4. The van der Waals surface area contributed by atoms with Crippen LogP contribution in [-0.4, -0.2) is 31.7 Å². The number of hydrogen-bond donors (Lipinski definition) is 1. The number of amides is 1. The molecule has 0 radical (unpaired) electrons. The Morgan fingerprint density at radius 2 is 1.72 bits per heavy atom. The molecule has 0 bridgehead atoms. The Labute approximate surface area is 171 Å². The molecule has 3 rings (SSSR count). The molecule has 29 heavy (non-hydrogen) atoms. The molecule has 1 amide bonds. The third-order valence-electron chi connectivity index (χ3n) is 4.58. The molecule has 5 nitrogen and oxygen atoms in total. The fourth-order valence-corrected chi connectivity index (χ4v) is 4.86. The van der Waals surface area contributed by atoms with Crippen LogP contribution in [-0.2, 0) is 16.2 Å². The quantitative estimate of drug-likeness (QED) is 0.734. The maximum atomic E-state index is 13.0. The average Bonchev–Trinajstić information content (AvgIpc) is 2.69. The molecule has 1 aliphatic rings. The van der Waals surface area contributed by atoms with Gasteiger partial charge in [0, 0.05) is 24.3 Å². The lowest BCUT2D eigenvalue weighted by molar-refractivity contribution is -0.137. The number of sulfonamides is 1. The molecular formula is C19H18ClF3N2O3S. The fourth-order valence-electron chi connectivity index (χ4n) is 3.08. The lowest BCUT2D eigenvalue weighted by Crippen LogP contribution is -2.35. The summed E-state index contributed by atoms with van der Waals surface area (Å²) in [6.45, 7) is 0.841. The number of nitrogens with one attached hydrogen (secondary N) is 1. The van der Waals surface area contributed by atoms with Gasteiger partial charge < -0.3 is 5.32 Å². The first-order chi connectivity index (χ1) is 13.6. The van der Waals surface area contributed by atoms with E-state index in [0.29, 0.717) is 13.1 Å². The number of halogens is 4. The standard InChI is InChI=1S/C19H18ClF3N2O3S/c20-17-8-7-14(12-16(17)19(21,22)23)24-18(26)13-5-4-6-15(11-13)29(27,28)25-9-2-1-3-10-25/h4-8,11-12H,1-3,9-10H2,(H,24,26). The summed E-state index contributed by atoms with van der Waals surface area (Å²) in [5, 5.41) is 1.87. The summed E-state index contributed by atoms with van der Waals surface area (Å²) in [6.07, 6.45) is -2.15.